The molecule has 4 N–H and O–H groups in total. The van der Waals surface area contributed by atoms with Gasteiger partial charge in [-0.1, -0.05) is 6.92 Å². The van der Waals surface area contributed by atoms with Crippen LogP contribution in [0, 0.1) is 5.41 Å². The van der Waals surface area contributed by atoms with Gasteiger partial charge in [0.1, 0.15) is 0 Å². The Morgan fingerprint density at radius 1 is 1.55 bits per heavy atom. The minimum Gasteiger partial charge on any atom is -0.306 e. The summed E-state index contributed by atoms with van der Waals surface area (Å²) in [6, 6.07) is 0. The Labute approximate surface area is 121 Å². The summed E-state index contributed by atoms with van der Waals surface area (Å²) in [5, 5.41) is 1.86. The van der Waals surface area contributed by atoms with E-state index in [0.717, 1.165) is 19.3 Å². The predicted octanol–water partition coefficient (Wildman–Crippen LogP) is 1.15. The topological polar surface area (TPSA) is 102 Å². The first kappa shape index (κ1) is 13.8. The summed E-state index contributed by atoms with van der Waals surface area (Å²) >= 11 is 1.36. The molecule has 7 nitrogen and oxygen atoms in total. The predicted molar refractivity (Wildman–Crippen MR) is 78.0 cm³/mol. The van der Waals surface area contributed by atoms with Crippen LogP contribution in [0.15, 0.2) is 16.6 Å². The molecule has 2 aromatic rings. The second-order valence-electron chi connectivity index (χ2n) is 5.14. The second kappa shape index (κ2) is 4.69. The summed E-state index contributed by atoms with van der Waals surface area (Å²) in [4.78, 5) is 4.76. The summed E-state index contributed by atoms with van der Waals surface area (Å²) in [6.45, 7) is 2.55. The molecule has 3 rings (SSSR count). The third kappa shape index (κ3) is 2.20. The minimum atomic E-state index is -3.64. The molecule has 1 aliphatic carbocycles. The molecule has 1 fully saturated rings. The van der Waals surface area contributed by atoms with E-state index in [1.807, 2.05) is 0 Å². The first-order valence-corrected chi connectivity index (χ1v) is 8.79. The number of sulfonamides is 1. The number of nitrogens with two attached hydrogens (primary N) is 1. The molecular formula is C11H17N5O2S2. The Balaban J connectivity index is 1.94. The molecule has 0 atom stereocenters. The molecule has 0 spiro atoms. The van der Waals surface area contributed by atoms with E-state index in [1.165, 1.54) is 15.7 Å². The third-order valence-corrected chi connectivity index (χ3v) is 6.13. The van der Waals surface area contributed by atoms with Crippen molar-refractivity contribution in [2.75, 3.05) is 12.0 Å². The molecule has 0 amide bonds. The van der Waals surface area contributed by atoms with Crippen molar-refractivity contribution in [2.24, 2.45) is 11.3 Å². The maximum absolute atomic E-state index is 12.5. The molecule has 20 heavy (non-hydrogen) atoms. The van der Waals surface area contributed by atoms with Gasteiger partial charge >= 0.3 is 0 Å². The van der Waals surface area contributed by atoms with E-state index in [-0.39, 0.29) is 16.3 Å². The molecule has 1 saturated carbocycles. The Bertz CT molecular complexity index is 729. The lowest BCUT2D eigenvalue weighted by atomic mass is 10.1. The van der Waals surface area contributed by atoms with Crippen molar-refractivity contribution >= 4 is 32.1 Å². The quantitative estimate of drug-likeness (QED) is 0.548. The van der Waals surface area contributed by atoms with E-state index < -0.39 is 10.0 Å². The normalized spacial score (nSPS) is 17.5. The number of nitrogen functional groups attached to an aromatic ring is 1. The van der Waals surface area contributed by atoms with E-state index in [2.05, 4.69) is 22.1 Å². The fourth-order valence-electron chi connectivity index (χ4n) is 2.26. The van der Waals surface area contributed by atoms with E-state index in [1.54, 1.807) is 11.6 Å². The van der Waals surface area contributed by atoms with Crippen molar-refractivity contribution in [1.29, 1.82) is 0 Å². The van der Waals surface area contributed by atoms with Crippen molar-refractivity contribution in [3.63, 3.8) is 0 Å². The smallest absolute Gasteiger partial charge is 0.260 e. The fourth-order valence-corrected chi connectivity index (χ4v) is 4.43. The number of nitrogens with one attached hydrogen (secondary N) is 2. The SMILES string of the molecule is CCC1(CNS(=O)(=O)c2c(NN)nc3sccn23)CC1. The lowest BCUT2D eigenvalue weighted by Gasteiger charge is -2.13. The van der Waals surface area contributed by atoms with Crippen LogP contribution in [-0.4, -0.2) is 24.3 Å². The molecule has 0 aliphatic heterocycles. The van der Waals surface area contributed by atoms with Crippen molar-refractivity contribution in [3.05, 3.63) is 11.6 Å². The van der Waals surface area contributed by atoms with Crippen LogP contribution >= 0.6 is 11.3 Å². The van der Waals surface area contributed by atoms with E-state index in [4.69, 9.17) is 5.84 Å². The van der Waals surface area contributed by atoms with Gasteiger partial charge in [0.25, 0.3) is 10.0 Å². The monoisotopic (exact) mass is 315 g/mol. The molecule has 9 heteroatoms. The van der Waals surface area contributed by atoms with Crippen LogP contribution in [0.4, 0.5) is 5.82 Å². The highest BCUT2D eigenvalue weighted by Crippen LogP contribution is 2.48. The molecule has 2 heterocycles. The highest BCUT2D eigenvalue weighted by molar-refractivity contribution is 7.89. The van der Waals surface area contributed by atoms with Gasteiger partial charge in [0, 0.05) is 18.1 Å². The zero-order chi connectivity index (χ0) is 14.4. The van der Waals surface area contributed by atoms with Crippen LogP contribution in [0.3, 0.4) is 0 Å². The zero-order valence-electron chi connectivity index (χ0n) is 11.1. The van der Waals surface area contributed by atoms with E-state index >= 15 is 0 Å². The van der Waals surface area contributed by atoms with Crippen molar-refractivity contribution < 1.29 is 8.42 Å². The molecule has 0 unspecified atom stereocenters. The number of nitrogens with zero attached hydrogens (tertiary/aromatic N) is 2. The number of hydrazine groups is 1. The number of anilines is 1. The summed E-state index contributed by atoms with van der Waals surface area (Å²) in [6.07, 6.45) is 4.81. The van der Waals surface area contributed by atoms with Crippen LogP contribution in [0.25, 0.3) is 4.96 Å². The van der Waals surface area contributed by atoms with Gasteiger partial charge in [-0.25, -0.2) is 19.0 Å². The Morgan fingerprint density at radius 3 is 2.90 bits per heavy atom. The molecule has 0 bridgehead atoms. The van der Waals surface area contributed by atoms with Gasteiger partial charge in [0.05, 0.1) is 0 Å². The standard InChI is InChI=1S/C11H17N5O2S2/c1-2-11(3-4-11)7-13-20(17,18)9-8(15-12)14-10-16(9)5-6-19-10/h5-6,13,15H,2-4,7,12H2,1H3. The lowest BCUT2D eigenvalue weighted by molar-refractivity contribution is 0.475. The number of thiazole rings is 1. The first-order chi connectivity index (χ1) is 9.51. The second-order valence-corrected chi connectivity index (χ2v) is 7.70. The first-order valence-electron chi connectivity index (χ1n) is 6.43. The Kier molecular flexibility index (Phi) is 3.24. The average Bonchev–Trinajstić information content (AvgIpc) is 2.92. The van der Waals surface area contributed by atoms with Crippen LogP contribution < -0.4 is 16.0 Å². The molecule has 0 saturated heterocycles. The summed E-state index contributed by atoms with van der Waals surface area (Å²) in [5.41, 5.74) is 2.50. The highest BCUT2D eigenvalue weighted by atomic mass is 32.2. The van der Waals surface area contributed by atoms with Gasteiger partial charge in [-0.15, -0.1) is 11.3 Å². The Hall–Kier alpha value is -1.16. The van der Waals surface area contributed by atoms with Gasteiger partial charge in [0.15, 0.2) is 10.8 Å². The average molecular weight is 315 g/mol. The summed E-state index contributed by atoms with van der Waals surface area (Å²) in [7, 11) is -3.64. The highest BCUT2D eigenvalue weighted by Gasteiger charge is 2.41. The fraction of sp³-hybridized carbons (Fsp3) is 0.545. The van der Waals surface area contributed by atoms with Crippen LogP contribution in [0.5, 0.6) is 0 Å². The molecule has 0 radical (unpaired) electrons. The summed E-state index contributed by atoms with van der Waals surface area (Å²) in [5.74, 6) is 5.55. The van der Waals surface area contributed by atoms with Gasteiger partial charge in [-0.3, -0.25) is 4.40 Å². The number of aromatic nitrogens is 2. The largest absolute Gasteiger partial charge is 0.306 e. The number of imidazole rings is 1. The summed E-state index contributed by atoms with van der Waals surface area (Å²) < 4.78 is 29.3. The molecule has 2 aromatic heterocycles. The third-order valence-electron chi connectivity index (χ3n) is 3.95. The number of rotatable bonds is 6. The van der Waals surface area contributed by atoms with Gasteiger partial charge in [-0.2, -0.15) is 4.98 Å². The number of fused-ring (bicyclic) bond motifs is 1. The molecule has 110 valence electrons. The van der Waals surface area contributed by atoms with Gasteiger partial charge in [-0.05, 0) is 24.7 Å². The van der Waals surface area contributed by atoms with E-state index in [9.17, 15) is 8.42 Å². The Morgan fingerprint density at radius 2 is 2.30 bits per heavy atom. The molecule has 1 aliphatic rings. The maximum atomic E-state index is 12.5. The van der Waals surface area contributed by atoms with Crippen molar-refractivity contribution in [1.82, 2.24) is 14.1 Å². The van der Waals surface area contributed by atoms with Crippen LogP contribution in [0.1, 0.15) is 26.2 Å². The van der Waals surface area contributed by atoms with Crippen molar-refractivity contribution in [2.45, 2.75) is 31.2 Å². The molecular weight excluding hydrogens is 298 g/mol. The van der Waals surface area contributed by atoms with Gasteiger partial charge < -0.3 is 5.43 Å². The minimum absolute atomic E-state index is 0.0724. The van der Waals surface area contributed by atoms with Gasteiger partial charge in [0.2, 0.25) is 5.03 Å². The number of hydrogen-bond acceptors (Lipinski definition) is 6. The van der Waals surface area contributed by atoms with Crippen LogP contribution in [-0.2, 0) is 10.0 Å². The van der Waals surface area contributed by atoms with Crippen molar-refractivity contribution in [3.8, 4) is 0 Å². The maximum Gasteiger partial charge on any atom is 0.260 e. The zero-order valence-corrected chi connectivity index (χ0v) is 12.7. The molecule has 0 aromatic carbocycles. The number of hydrogen-bond donors (Lipinski definition) is 3. The van der Waals surface area contributed by atoms with E-state index in [0.29, 0.717) is 11.5 Å². The lowest BCUT2D eigenvalue weighted by Crippen LogP contribution is -2.31. The van der Waals surface area contributed by atoms with Crippen LogP contribution in [0.2, 0.25) is 0 Å².